The number of hydrogen-bond donors (Lipinski definition) is 12. The molecule has 3 aliphatic heterocycles. The number of unbranched alkanes of at least 4 members (excludes halogenated alkanes) is 25. The molecule has 3 rings (SSSR count). The smallest absolute Gasteiger partial charge is 0.220 e. The Kier molecular flexibility index (Phi) is 50.2. The number of aliphatic hydroxyl groups excluding tert-OH is 11. The maximum atomic E-state index is 13.4. The molecule has 12 N–H and O–H groups in total. The van der Waals surface area contributed by atoms with E-state index in [-0.39, 0.29) is 18.9 Å². The summed E-state index contributed by atoms with van der Waals surface area (Å²) in [6.07, 6.45) is 47.3. The Morgan fingerprint density at radius 2 is 0.745 bits per heavy atom. The van der Waals surface area contributed by atoms with Crippen molar-refractivity contribution in [2.75, 3.05) is 26.4 Å². The Bertz CT molecular complexity index is 2080. The number of nitrogens with one attached hydrogen (secondary N) is 1. The zero-order valence-corrected chi connectivity index (χ0v) is 57.4. The molecule has 0 aromatic rings. The van der Waals surface area contributed by atoms with Crippen molar-refractivity contribution in [1.29, 1.82) is 0 Å². The fourth-order valence-electron chi connectivity index (χ4n) is 11.7. The first-order valence-corrected chi connectivity index (χ1v) is 36.5. The number of hydrogen-bond acceptors (Lipinski definition) is 18. The van der Waals surface area contributed by atoms with Crippen LogP contribution in [0.25, 0.3) is 0 Å². The van der Waals surface area contributed by atoms with Crippen molar-refractivity contribution >= 4 is 5.91 Å². The molecule has 1 amide bonds. The van der Waals surface area contributed by atoms with Crippen molar-refractivity contribution in [2.24, 2.45) is 0 Å². The van der Waals surface area contributed by atoms with Gasteiger partial charge in [0.15, 0.2) is 18.9 Å². The molecule has 0 bridgehead atoms. The number of carbonyl (C=O) groups excluding carboxylic acids is 1. The van der Waals surface area contributed by atoms with Gasteiger partial charge < -0.3 is 89.9 Å². The predicted octanol–water partition coefficient (Wildman–Crippen LogP) is 10.4. The minimum Gasteiger partial charge on any atom is -0.394 e. The van der Waals surface area contributed by atoms with Crippen molar-refractivity contribution in [1.82, 2.24) is 5.32 Å². The van der Waals surface area contributed by atoms with E-state index < -0.39 is 124 Å². The van der Waals surface area contributed by atoms with Crippen LogP contribution in [0.4, 0.5) is 0 Å². The average molecular weight is 1330 g/mol. The third kappa shape index (κ3) is 36.5. The molecular formula is C75H129NO18. The Morgan fingerprint density at radius 1 is 0.394 bits per heavy atom. The maximum Gasteiger partial charge on any atom is 0.220 e. The lowest BCUT2D eigenvalue weighted by Crippen LogP contribution is -2.66. The molecule has 3 heterocycles. The molecule has 19 nitrogen and oxygen atoms in total. The lowest BCUT2D eigenvalue weighted by Gasteiger charge is -2.48. The van der Waals surface area contributed by atoms with Crippen molar-refractivity contribution in [2.45, 2.75) is 343 Å². The minimum absolute atomic E-state index is 0.233. The SMILES string of the molecule is CC/C=C\C/C=C\C/C=C\C/C=C\C/C=C\C/C=C\CCCCCCCCCCCCCCCCCCCCCCC(=O)NC(COC1OC(CO)C(OC2OC(CO)C(OC3OC(CO)C(O)C(O)C3O)C(O)C2O)C(O)C1O)C(O)/C=C/CC/C=C/CCCCCC. The third-order valence-electron chi connectivity index (χ3n) is 17.6. The van der Waals surface area contributed by atoms with Crippen LogP contribution in [0.15, 0.2) is 97.2 Å². The quantitative estimate of drug-likeness (QED) is 0.0199. The fraction of sp³-hybridized carbons (Fsp3) is 0.773. The number of aliphatic hydroxyl groups is 11. The summed E-state index contributed by atoms with van der Waals surface area (Å²) in [6, 6.07) is -0.991. The van der Waals surface area contributed by atoms with Gasteiger partial charge in [0.2, 0.25) is 5.91 Å². The van der Waals surface area contributed by atoms with Crippen LogP contribution < -0.4 is 5.32 Å². The molecule has 0 spiro atoms. The van der Waals surface area contributed by atoms with Crippen molar-refractivity contribution in [3.63, 3.8) is 0 Å². The number of carbonyl (C=O) groups is 1. The zero-order chi connectivity index (χ0) is 68.2. The monoisotopic (exact) mass is 1330 g/mol. The van der Waals surface area contributed by atoms with Gasteiger partial charge in [-0.3, -0.25) is 4.79 Å². The second-order valence-electron chi connectivity index (χ2n) is 25.7. The summed E-state index contributed by atoms with van der Waals surface area (Å²) in [7, 11) is 0. The Balaban J connectivity index is 1.28. The molecule has 0 saturated carbocycles. The van der Waals surface area contributed by atoms with Crippen LogP contribution in [0, 0.1) is 0 Å². The molecule has 0 aromatic heterocycles. The summed E-state index contributed by atoms with van der Waals surface area (Å²) >= 11 is 0. The van der Waals surface area contributed by atoms with E-state index in [4.69, 9.17) is 28.4 Å². The summed E-state index contributed by atoms with van der Waals surface area (Å²) in [4.78, 5) is 13.4. The van der Waals surface area contributed by atoms with E-state index >= 15 is 0 Å². The summed E-state index contributed by atoms with van der Waals surface area (Å²) < 4.78 is 34.3. The molecule has 17 atom stereocenters. The standard InChI is InChI=1S/C75H129NO18/c1-3-5-7-9-11-13-15-16-17-18-19-20-21-22-23-24-25-26-27-28-29-30-31-32-33-34-35-36-37-38-39-40-41-42-43-45-47-49-51-53-63(81)76-58(59(80)52-50-48-46-44-14-12-10-8-6-4-2)57-89-73-69(87)66(84)71(61(55-78)91-73)94-75-70(88)67(85)72(62(56-79)92-75)93-74-68(86)65(83)64(82)60(54-77)90-74/h5,7,11,13-14,16-17,19-20,22-23,25-26,44,50,52,58-62,64-75,77-80,82-88H,3-4,6,8-10,12,15,18,21,24,27-43,45-49,51,53-57H2,1-2H3,(H,76,81)/b7-5-,13-11-,17-16-,20-19-,23-22-,26-25-,44-14+,52-50+. The van der Waals surface area contributed by atoms with E-state index in [9.17, 15) is 61.0 Å². The van der Waals surface area contributed by atoms with E-state index in [0.29, 0.717) is 12.8 Å². The van der Waals surface area contributed by atoms with Crippen LogP contribution in [0.1, 0.15) is 239 Å². The largest absolute Gasteiger partial charge is 0.394 e. The lowest BCUT2D eigenvalue weighted by molar-refractivity contribution is -0.379. The normalized spacial score (nSPS) is 27.9. The van der Waals surface area contributed by atoms with Crippen LogP contribution in [-0.2, 0) is 33.2 Å². The molecule has 94 heavy (non-hydrogen) atoms. The first kappa shape index (κ1) is 84.9. The highest BCUT2D eigenvalue weighted by atomic mass is 16.8. The second-order valence-corrected chi connectivity index (χ2v) is 25.7. The number of rotatable bonds is 55. The van der Waals surface area contributed by atoms with Crippen LogP contribution >= 0.6 is 0 Å². The van der Waals surface area contributed by atoms with Gasteiger partial charge in [0.05, 0.1) is 38.6 Å². The molecule has 19 heteroatoms. The van der Waals surface area contributed by atoms with Crippen LogP contribution in [0.2, 0.25) is 0 Å². The molecule has 3 saturated heterocycles. The summed E-state index contributed by atoms with van der Waals surface area (Å²) in [5.41, 5.74) is 0. The Labute approximate surface area is 564 Å². The highest BCUT2D eigenvalue weighted by Gasteiger charge is 2.53. The molecule has 3 fully saturated rings. The van der Waals surface area contributed by atoms with Crippen molar-refractivity contribution in [3.05, 3.63) is 97.2 Å². The first-order valence-electron chi connectivity index (χ1n) is 36.5. The van der Waals surface area contributed by atoms with E-state index in [0.717, 1.165) is 77.0 Å². The van der Waals surface area contributed by atoms with Gasteiger partial charge in [0.25, 0.3) is 0 Å². The van der Waals surface area contributed by atoms with Crippen molar-refractivity contribution in [3.8, 4) is 0 Å². The zero-order valence-electron chi connectivity index (χ0n) is 57.4. The summed E-state index contributed by atoms with van der Waals surface area (Å²) in [5.74, 6) is -0.288. The lowest BCUT2D eigenvalue weighted by atomic mass is 9.96. The van der Waals surface area contributed by atoms with Crippen LogP contribution in [0.5, 0.6) is 0 Å². The Morgan fingerprint density at radius 3 is 1.19 bits per heavy atom. The van der Waals surface area contributed by atoms with E-state index in [1.807, 2.05) is 6.08 Å². The molecule has 542 valence electrons. The minimum atomic E-state index is -1.98. The highest BCUT2D eigenvalue weighted by Crippen LogP contribution is 2.33. The van der Waals surface area contributed by atoms with Gasteiger partial charge in [0, 0.05) is 6.42 Å². The second kappa shape index (κ2) is 55.6. The van der Waals surface area contributed by atoms with E-state index in [2.05, 4.69) is 104 Å². The topological polar surface area (TPSA) is 307 Å². The van der Waals surface area contributed by atoms with E-state index in [1.54, 1.807) is 6.08 Å². The molecule has 0 aliphatic carbocycles. The van der Waals surface area contributed by atoms with Gasteiger partial charge in [-0.2, -0.15) is 0 Å². The predicted molar refractivity (Wildman–Crippen MR) is 369 cm³/mol. The van der Waals surface area contributed by atoms with Crippen LogP contribution in [0.3, 0.4) is 0 Å². The molecule has 3 aliphatic rings. The van der Waals surface area contributed by atoms with Gasteiger partial charge in [-0.25, -0.2) is 0 Å². The molecule has 17 unspecified atom stereocenters. The van der Waals surface area contributed by atoms with Crippen molar-refractivity contribution < 1.29 is 89.4 Å². The highest BCUT2D eigenvalue weighted by molar-refractivity contribution is 5.76. The van der Waals surface area contributed by atoms with Gasteiger partial charge >= 0.3 is 0 Å². The summed E-state index contributed by atoms with van der Waals surface area (Å²) in [6.45, 7) is 1.54. The third-order valence-corrected chi connectivity index (χ3v) is 17.6. The average Bonchev–Trinajstić information content (AvgIpc) is 0.788. The van der Waals surface area contributed by atoms with Crippen LogP contribution in [-0.4, -0.2) is 193 Å². The fourth-order valence-corrected chi connectivity index (χ4v) is 11.7. The maximum absolute atomic E-state index is 13.4. The van der Waals surface area contributed by atoms with Gasteiger partial charge in [-0.1, -0.05) is 246 Å². The number of allylic oxidation sites excluding steroid dienone is 15. The van der Waals surface area contributed by atoms with E-state index in [1.165, 1.54) is 128 Å². The van der Waals surface area contributed by atoms with Gasteiger partial charge in [0.1, 0.15) is 73.2 Å². The number of amides is 1. The van der Waals surface area contributed by atoms with Gasteiger partial charge in [-0.15, -0.1) is 0 Å². The number of ether oxygens (including phenoxy) is 6. The van der Waals surface area contributed by atoms with Gasteiger partial charge in [-0.05, 0) is 83.5 Å². The Hall–Kier alpha value is -3.29. The first-order chi connectivity index (χ1) is 45.8. The summed E-state index contributed by atoms with van der Waals surface area (Å²) in [5, 5.41) is 120. The molecule has 0 radical (unpaired) electrons. The molecular weight excluding hydrogens is 1200 g/mol. The molecule has 0 aromatic carbocycles.